The maximum absolute atomic E-state index is 11.7. The third kappa shape index (κ3) is 2.93. The van der Waals surface area contributed by atoms with E-state index in [1.54, 1.807) is 17.7 Å². The van der Waals surface area contributed by atoms with E-state index in [1.807, 2.05) is 12.3 Å². The summed E-state index contributed by atoms with van der Waals surface area (Å²) in [6.45, 7) is 0.815. The van der Waals surface area contributed by atoms with E-state index in [0.29, 0.717) is 6.04 Å². The second-order valence-electron chi connectivity index (χ2n) is 6.01. The van der Waals surface area contributed by atoms with Gasteiger partial charge in [-0.3, -0.25) is 9.69 Å². The van der Waals surface area contributed by atoms with Gasteiger partial charge in [-0.25, -0.2) is 0 Å². The van der Waals surface area contributed by atoms with Crippen LogP contribution in [0.15, 0.2) is 47.4 Å². The maximum Gasteiger partial charge on any atom is 0.250 e. The first-order valence-corrected chi connectivity index (χ1v) is 7.59. The zero-order valence-electron chi connectivity index (χ0n) is 12.7. The van der Waals surface area contributed by atoms with E-state index in [4.69, 9.17) is 0 Å². The van der Waals surface area contributed by atoms with Crippen LogP contribution in [0.2, 0.25) is 0 Å². The lowest BCUT2D eigenvalue weighted by Crippen LogP contribution is -2.28. The summed E-state index contributed by atoms with van der Waals surface area (Å²) in [5, 5.41) is 0. The molecule has 1 aliphatic carbocycles. The third-order valence-corrected chi connectivity index (χ3v) is 4.47. The molecule has 1 atom stereocenters. The van der Waals surface area contributed by atoms with Gasteiger partial charge in [-0.15, -0.1) is 0 Å². The Bertz CT molecular complexity index is 690. The van der Waals surface area contributed by atoms with Crippen LogP contribution in [0.4, 0.5) is 0 Å². The number of hydrogen-bond donors (Lipinski definition) is 0. The molecule has 0 amide bonds. The van der Waals surface area contributed by atoms with E-state index in [0.717, 1.165) is 12.1 Å². The number of benzene rings is 1. The van der Waals surface area contributed by atoms with Gasteiger partial charge in [-0.05, 0) is 49.1 Å². The molecule has 3 rings (SSSR count). The Labute approximate surface area is 125 Å². The minimum Gasteiger partial charge on any atom is -0.319 e. The molecule has 1 aliphatic rings. The number of nitrogens with zero attached hydrogens (tertiary/aromatic N) is 2. The van der Waals surface area contributed by atoms with Crippen molar-refractivity contribution in [1.82, 2.24) is 9.47 Å². The van der Waals surface area contributed by atoms with Gasteiger partial charge < -0.3 is 4.57 Å². The van der Waals surface area contributed by atoms with Crippen LogP contribution < -0.4 is 5.56 Å². The van der Waals surface area contributed by atoms with Gasteiger partial charge in [-0.1, -0.05) is 24.3 Å². The first-order valence-electron chi connectivity index (χ1n) is 7.59. The normalized spacial score (nSPS) is 17.8. The SMILES string of the molecule is CN(Cc1ccn(C)c(=O)c1)C1CCCc2ccccc21. The van der Waals surface area contributed by atoms with Crippen molar-refractivity contribution < 1.29 is 0 Å². The second-order valence-corrected chi connectivity index (χ2v) is 6.01. The van der Waals surface area contributed by atoms with Crippen LogP contribution in [0.3, 0.4) is 0 Å². The van der Waals surface area contributed by atoms with Crippen molar-refractivity contribution in [1.29, 1.82) is 0 Å². The van der Waals surface area contributed by atoms with E-state index >= 15 is 0 Å². The van der Waals surface area contributed by atoms with Crippen LogP contribution in [-0.2, 0) is 20.0 Å². The molecular formula is C18H22N2O. The number of aryl methyl sites for hydroxylation is 2. The first-order chi connectivity index (χ1) is 10.1. The van der Waals surface area contributed by atoms with Crippen LogP contribution in [0.25, 0.3) is 0 Å². The number of aromatic nitrogens is 1. The summed E-state index contributed by atoms with van der Waals surface area (Å²) in [5.74, 6) is 0. The molecule has 110 valence electrons. The molecule has 2 aromatic rings. The summed E-state index contributed by atoms with van der Waals surface area (Å²) in [7, 11) is 3.94. The maximum atomic E-state index is 11.7. The van der Waals surface area contributed by atoms with E-state index in [9.17, 15) is 4.79 Å². The fourth-order valence-electron chi connectivity index (χ4n) is 3.27. The summed E-state index contributed by atoms with van der Waals surface area (Å²) in [5.41, 5.74) is 4.08. The van der Waals surface area contributed by atoms with Gasteiger partial charge in [0.05, 0.1) is 0 Å². The predicted octanol–water partition coefficient (Wildman–Crippen LogP) is 2.89. The van der Waals surface area contributed by atoms with Crippen molar-refractivity contribution in [3.05, 3.63) is 69.6 Å². The zero-order valence-corrected chi connectivity index (χ0v) is 12.7. The van der Waals surface area contributed by atoms with Crippen molar-refractivity contribution in [2.75, 3.05) is 7.05 Å². The molecule has 1 unspecified atom stereocenters. The highest BCUT2D eigenvalue weighted by molar-refractivity contribution is 5.32. The molecule has 0 spiro atoms. The largest absolute Gasteiger partial charge is 0.319 e. The monoisotopic (exact) mass is 282 g/mol. The molecule has 1 aromatic carbocycles. The van der Waals surface area contributed by atoms with Crippen molar-refractivity contribution in [3.8, 4) is 0 Å². The molecule has 3 nitrogen and oxygen atoms in total. The average molecular weight is 282 g/mol. The standard InChI is InChI=1S/C18H22N2O/c1-19-11-10-14(12-18(19)21)13-20(2)17-9-5-7-15-6-3-4-8-16(15)17/h3-4,6,8,10-12,17H,5,7,9,13H2,1-2H3. The van der Waals surface area contributed by atoms with Crippen LogP contribution in [0, 0.1) is 0 Å². The van der Waals surface area contributed by atoms with E-state index in [2.05, 4.69) is 36.2 Å². The molecular weight excluding hydrogens is 260 g/mol. The van der Waals surface area contributed by atoms with Gasteiger partial charge >= 0.3 is 0 Å². The lowest BCUT2D eigenvalue weighted by Gasteiger charge is -2.33. The Hall–Kier alpha value is -1.87. The quantitative estimate of drug-likeness (QED) is 0.865. The van der Waals surface area contributed by atoms with E-state index in [-0.39, 0.29) is 5.56 Å². The fourth-order valence-corrected chi connectivity index (χ4v) is 3.27. The first kappa shape index (κ1) is 14.1. The number of hydrogen-bond acceptors (Lipinski definition) is 2. The minimum atomic E-state index is 0.0601. The smallest absolute Gasteiger partial charge is 0.250 e. The molecule has 1 aromatic heterocycles. The van der Waals surface area contributed by atoms with Crippen molar-refractivity contribution in [3.63, 3.8) is 0 Å². The van der Waals surface area contributed by atoms with Gasteiger partial charge in [0.2, 0.25) is 0 Å². The van der Waals surface area contributed by atoms with E-state index in [1.165, 1.54) is 30.4 Å². The minimum absolute atomic E-state index is 0.0601. The fraction of sp³-hybridized carbons (Fsp3) is 0.389. The molecule has 0 aliphatic heterocycles. The van der Waals surface area contributed by atoms with Crippen LogP contribution in [0.5, 0.6) is 0 Å². The Morgan fingerprint density at radius 3 is 2.90 bits per heavy atom. The highest BCUT2D eigenvalue weighted by Crippen LogP contribution is 2.33. The Kier molecular flexibility index (Phi) is 3.93. The third-order valence-electron chi connectivity index (χ3n) is 4.47. The van der Waals surface area contributed by atoms with Crippen LogP contribution in [0.1, 0.15) is 35.6 Å². The van der Waals surface area contributed by atoms with Gasteiger partial charge in [0.1, 0.15) is 0 Å². The molecule has 21 heavy (non-hydrogen) atoms. The van der Waals surface area contributed by atoms with Crippen molar-refractivity contribution in [2.45, 2.75) is 31.8 Å². The number of fused-ring (bicyclic) bond motifs is 1. The predicted molar refractivity (Wildman–Crippen MR) is 85.3 cm³/mol. The lowest BCUT2D eigenvalue weighted by molar-refractivity contribution is 0.213. The van der Waals surface area contributed by atoms with Crippen LogP contribution in [-0.4, -0.2) is 16.5 Å². The zero-order chi connectivity index (χ0) is 14.8. The Morgan fingerprint density at radius 2 is 2.10 bits per heavy atom. The van der Waals surface area contributed by atoms with Crippen molar-refractivity contribution >= 4 is 0 Å². The molecule has 0 saturated carbocycles. The molecule has 0 N–H and O–H groups in total. The van der Waals surface area contributed by atoms with Gasteiger partial charge in [0.25, 0.3) is 5.56 Å². The topological polar surface area (TPSA) is 25.2 Å². The molecule has 1 heterocycles. The van der Waals surface area contributed by atoms with Gasteiger partial charge in [0.15, 0.2) is 0 Å². The second kappa shape index (κ2) is 5.86. The van der Waals surface area contributed by atoms with E-state index < -0.39 is 0 Å². The molecule has 0 saturated heterocycles. The summed E-state index contributed by atoms with van der Waals surface area (Å²) in [6, 6.07) is 13.0. The summed E-state index contributed by atoms with van der Waals surface area (Å²) < 4.78 is 1.61. The number of rotatable bonds is 3. The van der Waals surface area contributed by atoms with Gasteiger partial charge in [0, 0.05) is 31.9 Å². The molecule has 0 radical (unpaired) electrons. The summed E-state index contributed by atoms with van der Waals surface area (Å²) in [4.78, 5) is 14.1. The Morgan fingerprint density at radius 1 is 1.29 bits per heavy atom. The highest BCUT2D eigenvalue weighted by atomic mass is 16.1. The van der Waals surface area contributed by atoms with Crippen LogP contribution >= 0.6 is 0 Å². The molecule has 0 bridgehead atoms. The average Bonchev–Trinajstić information content (AvgIpc) is 2.50. The highest BCUT2D eigenvalue weighted by Gasteiger charge is 2.23. The molecule has 0 fully saturated rings. The Balaban J connectivity index is 1.81. The van der Waals surface area contributed by atoms with Crippen molar-refractivity contribution in [2.24, 2.45) is 7.05 Å². The lowest BCUT2D eigenvalue weighted by atomic mass is 9.87. The summed E-state index contributed by atoms with van der Waals surface area (Å²) >= 11 is 0. The number of pyridine rings is 1. The molecule has 3 heteroatoms. The summed E-state index contributed by atoms with van der Waals surface area (Å²) in [6.07, 6.45) is 5.47. The van der Waals surface area contributed by atoms with Gasteiger partial charge in [-0.2, -0.15) is 0 Å².